The number of pyridine rings is 1. The van der Waals surface area contributed by atoms with Gasteiger partial charge in [-0.2, -0.15) is 0 Å². The van der Waals surface area contributed by atoms with E-state index in [2.05, 4.69) is 17.2 Å². The molecular weight excluding hydrogens is 216 g/mol. The third-order valence-electron chi connectivity index (χ3n) is 3.32. The molecule has 0 spiro atoms. The molecule has 1 aliphatic rings. The Hall–Kier alpha value is -1.58. The molecule has 0 aliphatic heterocycles. The van der Waals surface area contributed by atoms with Crippen molar-refractivity contribution in [2.45, 2.75) is 38.6 Å². The lowest BCUT2D eigenvalue weighted by molar-refractivity contribution is 0.0921. The number of carbonyl (C=O) groups excluding carboxylic acids is 1. The first-order valence-electron chi connectivity index (χ1n) is 6.15. The fourth-order valence-electron chi connectivity index (χ4n) is 2.39. The lowest BCUT2D eigenvalue weighted by Crippen LogP contribution is -2.38. The van der Waals surface area contributed by atoms with Gasteiger partial charge in [-0.05, 0) is 24.8 Å². The number of hydrogen-bond acceptors (Lipinski definition) is 2. The van der Waals surface area contributed by atoms with Gasteiger partial charge in [-0.3, -0.25) is 9.59 Å². The van der Waals surface area contributed by atoms with Gasteiger partial charge in [-0.1, -0.05) is 19.8 Å². The van der Waals surface area contributed by atoms with Crippen molar-refractivity contribution in [2.75, 3.05) is 0 Å². The normalized spacial score (nSPS) is 24.3. The van der Waals surface area contributed by atoms with E-state index in [0.717, 1.165) is 12.8 Å². The van der Waals surface area contributed by atoms with Crippen LogP contribution in [0.2, 0.25) is 0 Å². The molecule has 2 unspecified atom stereocenters. The summed E-state index contributed by atoms with van der Waals surface area (Å²) in [6, 6.07) is 3.21. The van der Waals surface area contributed by atoms with E-state index in [1.165, 1.54) is 25.1 Å². The van der Waals surface area contributed by atoms with Crippen molar-refractivity contribution in [3.8, 4) is 0 Å². The first kappa shape index (κ1) is 11.9. The van der Waals surface area contributed by atoms with Crippen LogP contribution in [0, 0.1) is 5.92 Å². The zero-order chi connectivity index (χ0) is 12.3. The fraction of sp³-hybridized carbons (Fsp3) is 0.538. The van der Waals surface area contributed by atoms with Crippen molar-refractivity contribution in [3.05, 3.63) is 34.2 Å². The van der Waals surface area contributed by atoms with Gasteiger partial charge in [0.25, 0.3) is 5.91 Å². The summed E-state index contributed by atoms with van der Waals surface area (Å²) >= 11 is 0. The van der Waals surface area contributed by atoms with Crippen molar-refractivity contribution in [1.82, 2.24) is 10.3 Å². The minimum absolute atomic E-state index is 0.0969. The Morgan fingerprint density at radius 1 is 1.41 bits per heavy atom. The molecule has 92 valence electrons. The van der Waals surface area contributed by atoms with E-state index in [4.69, 9.17) is 0 Å². The lowest BCUT2D eigenvalue weighted by atomic mass is 9.87. The van der Waals surface area contributed by atoms with Gasteiger partial charge in [0.1, 0.15) is 0 Å². The van der Waals surface area contributed by atoms with E-state index in [-0.39, 0.29) is 17.5 Å². The van der Waals surface area contributed by atoms with Gasteiger partial charge in [-0.25, -0.2) is 0 Å². The second-order valence-electron chi connectivity index (χ2n) is 4.88. The van der Waals surface area contributed by atoms with Crippen molar-refractivity contribution in [3.63, 3.8) is 0 Å². The van der Waals surface area contributed by atoms with Gasteiger partial charge in [0.05, 0.1) is 5.56 Å². The molecule has 17 heavy (non-hydrogen) atoms. The van der Waals surface area contributed by atoms with E-state index < -0.39 is 0 Å². The summed E-state index contributed by atoms with van der Waals surface area (Å²) in [6.07, 6.45) is 6.00. The van der Waals surface area contributed by atoms with Crippen LogP contribution >= 0.6 is 0 Å². The molecule has 2 N–H and O–H groups in total. The fourth-order valence-corrected chi connectivity index (χ4v) is 2.39. The summed E-state index contributed by atoms with van der Waals surface area (Å²) in [5.74, 6) is 0.588. The molecule has 0 radical (unpaired) electrons. The van der Waals surface area contributed by atoms with Gasteiger partial charge >= 0.3 is 0 Å². The highest BCUT2D eigenvalue weighted by molar-refractivity contribution is 5.93. The molecule has 2 atom stereocenters. The summed E-state index contributed by atoms with van der Waals surface area (Å²) in [6.45, 7) is 2.22. The largest absolute Gasteiger partial charge is 0.349 e. The maximum Gasteiger partial charge on any atom is 0.252 e. The smallest absolute Gasteiger partial charge is 0.252 e. The van der Waals surface area contributed by atoms with E-state index in [1.807, 2.05) is 0 Å². The van der Waals surface area contributed by atoms with Gasteiger partial charge in [0, 0.05) is 18.3 Å². The molecule has 4 nitrogen and oxygen atoms in total. The van der Waals surface area contributed by atoms with Gasteiger partial charge in [0.2, 0.25) is 5.56 Å². The summed E-state index contributed by atoms with van der Waals surface area (Å²) in [5, 5.41) is 3.02. The van der Waals surface area contributed by atoms with Gasteiger partial charge < -0.3 is 10.3 Å². The Labute approximate surface area is 100 Å². The quantitative estimate of drug-likeness (QED) is 0.818. The Morgan fingerprint density at radius 3 is 2.88 bits per heavy atom. The van der Waals surface area contributed by atoms with Crippen LogP contribution in [-0.4, -0.2) is 16.9 Å². The van der Waals surface area contributed by atoms with E-state index >= 15 is 0 Å². The molecule has 0 saturated heterocycles. The molecule has 1 aromatic rings. The topological polar surface area (TPSA) is 62.0 Å². The number of aromatic nitrogens is 1. The minimum Gasteiger partial charge on any atom is -0.349 e. The summed E-state index contributed by atoms with van der Waals surface area (Å²) in [5.41, 5.74) is 0.329. The van der Waals surface area contributed by atoms with Gasteiger partial charge in [-0.15, -0.1) is 0 Å². The third kappa shape index (κ3) is 3.19. The molecular formula is C13H18N2O2. The summed E-state index contributed by atoms with van der Waals surface area (Å²) < 4.78 is 0. The van der Waals surface area contributed by atoms with E-state index in [9.17, 15) is 9.59 Å². The minimum atomic E-state index is -0.187. The maximum atomic E-state index is 11.9. The van der Waals surface area contributed by atoms with Crippen molar-refractivity contribution in [1.29, 1.82) is 0 Å². The molecule has 1 fully saturated rings. The predicted octanol–water partition coefficient (Wildman–Crippen LogP) is 1.68. The van der Waals surface area contributed by atoms with Crippen LogP contribution < -0.4 is 10.9 Å². The zero-order valence-corrected chi connectivity index (χ0v) is 10.0. The molecule has 1 aliphatic carbocycles. The maximum absolute atomic E-state index is 11.9. The van der Waals surface area contributed by atoms with E-state index in [1.54, 1.807) is 6.07 Å². The highest BCUT2D eigenvalue weighted by Crippen LogP contribution is 2.23. The number of rotatable bonds is 2. The molecule has 1 amide bonds. The average Bonchev–Trinajstić information content (AvgIpc) is 2.29. The number of nitrogens with one attached hydrogen (secondary N) is 2. The second-order valence-corrected chi connectivity index (χ2v) is 4.88. The Bertz CT molecular complexity index is 432. The van der Waals surface area contributed by atoms with Gasteiger partial charge in [0.15, 0.2) is 0 Å². The average molecular weight is 234 g/mol. The van der Waals surface area contributed by atoms with Crippen LogP contribution in [0.4, 0.5) is 0 Å². The Kier molecular flexibility index (Phi) is 3.61. The Balaban J connectivity index is 1.96. The second kappa shape index (κ2) is 5.17. The van der Waals surface area contributed by atoms with Crippen LogP contribution in [-0.2, 0) is 0 Å². The van der Waals surface area contributed by atoms with Crippen LogP contribution in [0.15, 0.2) is 23.1 Å². The molecule has 2 rings (SSSR count). The number of aromatic amines is 1. The highest BCUT2D eigenvalue weighted by atomic mass is 16.2. The SMILES string of the molecule is CC1CCCC(NC(=O)c2ccc(=O)[nH]c2)C1. The Morgan fingerprint density at radius 2 is 2.24 bits per heavy atom. The zero-order valence-electron chi connectivity index (χ0n) is 10.0. The van der Waals surface area contributed by atoms with Crippen LogP contribution in [0.5, 0.6) is 0 Å². The van der Waals surface area contributed by atoms with Crippen LogP contribution in [0.3, 0.4) is 0 Å². The molecule has 1 saturated carbocycles. The molecule has 0 bridgehead atoms. The number of carbonyl (C=O) groups is 1. The number of hydrogen-bond donors (Lipinski definition) is 2. The predicted molar refractivity (Wildman–Crippen MR) is 65.9 cm³/mol. The van der Waals surface area contributed by atoms with Crippen LogP contribution in [0.25, 0.3) is 0 Å². The monoisotopic (exact) mass is 234 g/mol. The number of amides is 1. The van der Waals surface area contributed by atoms with Crippen LogP contribution in [0.1, 0.15) is 43.0 Å². The highest BCUT2D eigenvalue weighted by Gasteiger charge is 2.20. The first-order valence-corrected chi connectivity index (χ1v) is 6.15. The van der Waals surface area contributed by atoms with Crippen molar-refractivity contribution < 1.29 is 4.79 Å². The molecule has 4 heteroatoms. The lowest BCUT2D eigenvalue weighted by Gasteiger charge is -2.27. The summed E-state index contributed by atoms with van der Waals surface area (Å²) in [4.78, 5) is 25.3. The standard InChI is InChI=1S/C13H18N2O2/c1-9-3-2-4-11(7-9)15-13(17)10-5-6-12(16)14-8-10/h5-6,8-9,11H,2-4,7H2,1H3,(H,14,16)(H,15,17). The molecule has 1 heterocycles. The summed E-state index contributed by atoms with van der Waals surface area (Å²) in [7, 11) is 0. The first-order chi connectivity index (χ1) is 8.15. The van der Waals surface area contributed by atoms with Crippen molar-refractivity contribution in [2.24, 2.45) is 5.92 Å². The molecule has 0 aromatic carbocycles. The van der Waals surface area contributed by atoms with Crippen molar-refractivity contribution >= 4 is 5.91 Å². The van der Waals surface area contributed by atoms with E-state index in [0.29, 0.717) is 11.5 Å². The third-order valence-corrected chi connectivity index (χ3v) is 3.32. The molecule has 1 aromatic heterocycles. The number of H-pyrrole nitrogens is 1.